The van der Waals surface area contributed by atoms with E-state index < -0.39 is 6.04 Å². The van der Waals surface area contributed by atoms with Crippen LogP contribution in [0.3, 0.4) is 0 Å². The number of hydrogen-bond acceptors (Lipinski definition) is 5. The molecule has 3 atom stereocenters. The van der Waals surface area contributed by atoms with Gasteiger partial charge in [-0.05, 0) is 19.8 Å². The molecule has 90 valence electrons. The van der Waals surface area contributed by atoms with E-state index in [1.807, 2.05) is 0 Å². The quantitative estimate of drug-likeness (QED) is 0.731. The fourth-order valence-corrected chi connectivity index (χ4v) is 2.86. The van der Waals surface area contributed by atoms with Crippen molar-refractivity contribution in [2.75, 3.05) is 0 Å². The van der Waals surface area contributed by atoms with E-state index in [4.69, 9.17) is 0 Å². The van der Waals surface area contributed by atoms with Gasteiger partial charge in [-0.25, -0.2) is 0 Å². The van der Waals surface area contributed by atoms with Gasteiger partial charge in [-0.2, -0.15) is 5.21 Å². The Morgan fingerprint density at radius 3 is 2.47 bits per heavy atom. The van der Waals surface area contributed by atoms with Gasteiger partial charge in [0, 0.05) is 0 Å². The number of carbonyl (C=O) groups is 2. The lowest BCUT2D eigenvalue weighted by Crippen LogP contribution is -2.34. The van der Waals surface area contributed by atoms with Crippen LogP contribution < -0.4 is 0 Å². The number of imide groups is 1. The first-order chi connectivity index (χ1) is 8.20. The highest BCUT2D eigenvalue weighted by Gasteiger charge is 2.51. The highest BCUT2D eigenvalue weighted by atomic mass is 16.2. The van der Waals surface area contributed by atoms with Crippen LogP contribution in [0.15, 0.2) is 0 Å². The maximum absolute atomic E-state index is 12.2. The van der Waals surface area contributed by atoms with Gasteiger partial charge in [0.15, 0.2) is 5.82 Å². The summed E-state index contributed by atoms with van der Waals surface area (Å²) in [6, 6.07) is -0.431. The summed E-state index contributed by atoms with van der Waals surface area (Å²) in [4.78, 5) is 25.6. The summed E-state index contributed by atoms with van der Waals surface area (Å²) in [5.74, 6) is 0.00461. The topological polar surface area (TPSA) is 91.8 Å². The third kappa shape index (κ3) is 1.38. The van der Waals surface area contributed by atoms with Crippen molar-refractivity contribution in [2.24, 2.45) is 11.8 Å². The number of tetrazole rings is 1. The number of hydrogen-bond donors (Lipinski definition) is 1. The Balaban J connectivity index is 1.89. The zero-order valence-corrected chi connectivity index (χ0v) is 9.46. The Labute approximate surface area is 97.6 Å². The van der Waals surface area contributed by atoms with Crippen molar-refractivity contribution in [3.63, 3.8) is 0 Å². The highest BCUT2D eigenvalue weighted by Crippen LogP contribution is 2.42. The average Bonchev–Trinajstić information content (AvgIpc) is 3.02. The number of carbonyl (C=O) groups excluding carboxylic acids is 2. The minimum Gasteiger partial charge on any atom is -0.274 e. The van der Waals surface area contributed by atoms with Gasteiger partial charge < -0.3 is 0 Å². The van der Waals surface area contributed by atoms with Gasteiger partial charge in [0.05, 0.1) is 11.8 Å². The van der Waals surface area contributed by atoms with Gasteiger partial charge in [-0.3, -0.25) is 14.5 Å². The first-order valence-corrected chi connectivity index (χ1v) is 5.80. The number of fused-ring (bicyclic) bond motifs is 1. The van der Waals surface area contributed by atoms with E-state index in [0.717, 1.165) is 19.3 Å². The summed E-state index contributed by atoms with van der Waals surface area (Å²) < 4.78 is 0. The molecule has 0 bridgehead atoms. The first-order valence-electron chi connectivity index (χ1n) is 5.80. The van der Waals surface area contributed by atoms with Crippen LogP contribution in [0.2, 0.25) is 0 Å². The molecular formula is C10H13N5O2. The Kier molecular flexibility index (Phi) is 2.20. The van der Waals surface area contributed by atoms with E-state index in [1.54, 1.807) is 6.92 Å². The molecule has 2 fully saturated rings. The molecule has 7 heteroatoms. The minimum atomic E-state index is -0.431. The number of nitrogens with one attached hydrogen (secondary N) is 1. The molecule has 1 saturated carbocycles. The molecule has 1 aliphatic carbocycles. The van der Waals surface area contributed by atoms with Crippen LogP contribution in [0.1, 0.15) is 38.1 Å². The zero-order valence-electron chi connectivity index (χ0n) is 9.46. The van der Waals surface area contributed by atoms with Crippen molar-refractivity contribution in [3.8, 4) is 0 Å². The molecule has 0 aromatic carbocycles. The van der Waals surface area contributed by atoms with Gasteiger partial charge in [0.2, 0.25) is 11.8 Å². The summed E-state index contributed by atoms with van der Waals surface area (Å²) in [6.45, 7) is 1.75. The number of H-pyrrole nitrogens is 1. The molecular weight excluding hydrogens is 222 g/mol. The SMILES string of the molecule is CC(c1nn[nH]n1)N1C(=O)C2CCCC2C1=O. The first kappa shape index (κ1) is 10.4. The lowest BCUT2D eigenvalue weighted by atomic mass is 10.00. The Morgan fingerprint density at radius 1 is 1.29 bits per heavy atom. The summed E-state index contributed by atoms with van der Waals surface area (Å²) in [7, 11) is 0. The maximum Gasteiger partial charge on any atom is 0.233 e. The van der Waals surface area contributed by atoms with Crippen LogP contribution in [-0.2, 0) is 9.59 Å². The molecule has 1 saturated heterocycles. The van der Waals surface area contributed by atoms with Crippen LogP contribution in [0.25, 0.3) is 0 Å². The van der Waals surface area contributed by atoms with Crippen molar-refractivity contribution in [1.82, 2.24) is 25.5 Å². The molecule has 1 aromatic rings. The summed E-state index contributed by atoms with van der Waals surface area (Å²) in [6.07, 6.45) is 2.62. The van der Waals surface area contributed by atoms with Crippen molar-refractivity contribution in [3.05, 3.63) is 5.82 Å². The third-order valence-electron chi connectivity index (χ3n) is 3.75. The van der Waals surface area contributed by atoms with Crippen molar-refractivity contribution in [2.45, 2.75) is 32.2 Å². The smallest absolute Gasteiger partial charge is 0.233 e. The predicted molar refractivity (Wildman–Crippen MR) is 55.3 cm³/mol. The van der Waals surface area contributed by atoms with Gasteiger partial charge in [0.1, 0.15) is 6.04 Å². The van der Waals surface area contributed by atoms with Gasteiger partial charge >= 0.3 is 0 Å². The Morgan fingerprint density at radius 2 is 1.94 bits per heavy atom. The zero-order chi connectivity index (χ0) is 12.0. The van der Waals surface area contributed by atoms with Crippen LogP contribution >= 0.6 is 0 Å². The molecule has 2 aliphatic rings. The Hall–Kier alpha value is -1.79. The third-order valence-corrected chi connectivity index (χ3v) is 3.75. The van der Waals surface area contributed by atoms with E-state index in [9.17, 15) is 9.59 Å². The molecule has 0 radical (unpaired) electrons. The van der Waals surface area contributed by atoms with E-state index in [1.165, 1.54) is 4.90 Å². The molecule has 3 unspecified atom stereocenters. The monoisotopic (exact) mass is 235 g/mol. The van der Waals surface area contributed by atoms with Crippen LogP contribution in [0.4, 0.5) is 0 Å². The minimum absolute atomic E-state index is 0.0743. The van der Waals surface area contributed by atoms with Gasteiger partial charge in [-0.15, -0.1) is 10.2 Å². The second-order valence-electron chi connectivity index (χ2n) is 4.64. The van der Waals surface area contributed by atoms with Crippen LogP contribution in [0, 0.1) is 11.8 Å². The Bertz CT molecular complexity index is 435. The number of amides is 2. The maximum atomic E-state index is 12.2. The summed E-state index contributed by atoms with van der Waals surface area (Å²) in [5, 5.41) is 13.4. The van der Waals surface area contributed by atoms with E-state index in [2.05, 4.69) is 20.6 Å². The number of aromatic amines is 1. The molecule has 7 nitrogen and oxygen atoms in total. The molecule has 1 N–H and O–H groups in total. The lowest BCUT2D eigenvalue weighted by Gasteiger charge is -2.20. The fraction of sp³-hybridized carbons (Fsp3) is 0.700. The number of rotatable bonds is 2. The highest BCUT2D eigenvalue weighted by molar-refractivity contribution is 6.05. The average molecular weight is 235 g/mol. The van der Waals surface area contributed by atoms with Gasteiger partial charge in [0.25, 0.3) is 0 Å². The second-order valence-corrected chi connectivity index (χ2v) is 4.64. The molecule has 0 spiro atoms. The fourth-order valence-electron chi connectivity index (χ4n) is 2.86. The molecule has 3 rings (SSSR count). The molecule has 2 amide bonds. The van der Waals surface area contributed by atoms with Crippen molar-refractivity contribution in [1.29, 1.82) is 0 Å². The van der Waals surface area contributed by atoms with Crippen molar-refractivity contribution < 1.29 is 9.59 Å². The van der Waals surface area contributed by atoms with Gasteiger partial charge in [-0.1, -0.05) is 11.6 Å². The van der Waals surface area contributed by atoms with E-state index in [0.29, 0.717) is 5.82 Å². The van der Waals surface area contributed by atoms with E-state index >= 15 is 0 Å². The van der Waals surface area contributed by atoms with Crippen molar-refractivity contribution >= 4 is 11.8 Å². The molecule has 1 aliphatic heterocycles. The van der Waals surface area contributed by atoms with E-state index in [-0.39, 0.29) is 23.7 Å². The normalized spacial score (nSPS) is 29.8. The second kappa shape index (κ2) is 3.61. The molecule has 1 aromatic heterocycles. The number of aromatic nitrogens is 4. The lowest BCUT2D eigenvalue weighted by molar-refractivity contribution is -0.143. The largest absolute Gasteiger partial charge is 0.274 e. The number of likely N-dealkylation sites (tertiary alicyclic amines) is 1. The number of nitrogens with zero attached hydrogens (tertiary/aromatic N) is 4. The standard InChI is InChI=1S/C10H13N5O2/c1-5(8-11-13-14-12-8)15-9(16)6-3-2-4-7(6)10(15)17/h5-7H,2-4H2,1H3,(H,11,12,13,14). The molecule has 2 heterocycles. The predicted octanol–water partition coefficient (Wildman–Crippen LogP) is 0.0458. The summed E-state index contributed by atoms with van der Waals surface area (Å²) in [5.41, 5.74) is 0. The van der Waals surface area contributed by atoms with Crippen LogP contribution in [0.5, 0.6) is 0 Å². The van der Waals surface area contributed by atoms with Crippen LogP contribution in [-0.4, -0.2) is 37.3 Å². The summed E-state index contributed by atoms with van der Waals surface area (Å²) >= 11 is 0. The molecule has 17 heavy (non-hydrogen) atoms.